The Kier molecular flexibility index (Phi) is 6.75. The topological polar surface area (TPSA) is 85.6 Å². The summed E-state index contributed by atoms with van der Waals surface area (Å²) < 4.78 is 16.6. The quantitative estimate of drug-likeness (QED) is 0.503. The van der Waals surface area contributed by atoms with E-state index < -0.39 is 12.6 Å². The van der Waals surface area contributed by atoms with E-state index in [1.165, 1.54) is 19.2 Å². The molecule has 0 fully saturated rings. The van der Waals surface area contributed by atoms with E-state index >= 15 is 0 Å². The summed E-state index contributed by atoms with van der Waals surface area (Å²) in [7, 11) is 1.41. The van der Waals surface area contributed by atoms with E-state index in [4.69, 9.17) is 19.5 Å². The Labute approximate surface area is 159 Å². The molecule has 2 rings (SSSR count). The maximum Gasteiger partial charge on any atom is 0.342 e. The minimum atomic E-state index is -0.769. The third-order valence-electron chi connectivity index (χ3n) is 3.41. The molecule has 0 spiro atoms. The summed E-state index contributed by atoms with van der Waals surface area (Å²) in [6, 6.07) is 11.5. The monoisotopic (exact) mass is 417 g/mol. The van der Waals surface area contributed by atoms with E-state index in [1.54, 1.807) is 31.2 Å². The summed E-state index contributed by atoms with van der Waals surface area (Å²) in [5.41, 5.74) is 0.678. The van der Waals surface area contributed by atoms with Gasteiger partial charge in [-0.05, 0) is 25.1 Å². The van der Waals surface area contributed by atoms with Crippen molar-refractivity contribution in [2.24, 2.45) is 0 Å². The summed E-state index contributed by atoms with van der Waals surface area (Å²) >= 11 is 3.29. The Morgan fingerprint density at radius 2 is 1.88 bits per heavy atom. The van der Waals surface area contributed by atoms with E-state index in [0.717, 1.165) is 4.47 Å². The first-order chi connectivity index (χ1) is 12.5. The van der Waals surface area contributed by atoms with Crippen LogP contribution in [0.25, 0.3) is 0 Å². The molecule has 2 aromatic carbocycles. The zero-order valence-electron chi connectivity index (χ0n) is 14.2. The highest BCUT2D eigenvalue weighted by Crippen LogP contribution is 2.33. The molecule has 0 saturated carbocycles. The third kappa shape index (κ3) is 4.61. The van der Waals surface area contributed by atoms with Gasteiger partial charge in [0.2, 0.25) is 0 Å². The number of benzene rings is 2. The SMILES string of the molecule is CCOc1c(OC)cc(C#N)cc1C(=O)OCC(=O)c1ccc(Br)cc1. The first-order valence-corrected chi connectivity index (χ1v) is 8.50. The van der Waals surface area contributed by atoms with Crippen LogP contribution in [0, 0.1) is 11.3 Å². The smallest absolute Gasteiger partial charge is 0.342 e. The van der Waals surface area contributed by atoms with Crippen molar-refractivity contribution in [1.82, 2.24) is 0 Å². The van der Waals surface area contributed by atoms with E-state index in [9.17, 15) is 9.59 Å². The van der Waals surface area contributed by atoms with Crippen molar-refractivity contribution in [3.05, 3.63) is 57.6 Å². The van der Waals surface area contributed by atoms with Gasteiger partial charge in [-0.3, -0.25) is 4.79 Å². The highest BCUT2D eigenvalue weighted by atomic mass is 79.9. The number of nitriles is 1. The maximum atomic E-state index is 12.4. The Morgan fingerprint density at radius 3 is 2.46 bits per heavy atom. The fraction of sp³-hybridized carbons (Fsp3) is 0.211. The highest BCUT2D eigenvalue weighted by Gasteiger charge is 2.21. The Balaban J connectivity index is 2.21. The molecule has 0 aliphatic heterocycles. The predicted octanol–water partition coefficient (Wildman–Crippen LogP) is 3.77. The average molecular weight is 418 g/mol. The highest BCUT2D eigenvalue weighted by molar-refractivity contribution is 9.10. The number of rotatable bonds is 7. The number of Topliss-reactive ketones (excluding diaryl/α,β-unsaturated/α-hetero) is 1. The van der Waals surface area contributed by atoms with Gasteiger partial charge in [-0.25, -0.2) is 4.79 Å². The largest absolute Gasteiger partial charge is 0.493 e. The molecule has 7 heteroatoms. The minimum Gasteiger partial charge on any atom is -0.493 e. The number of nitrogens with zero attached hydrogens (tertiary/aromatic N) is 1. The number of methoxy groups -OCH3 is 1. The van der Waals surface area contributed by atoms with Gasteiger partial charge in [0.15, 0.2) is 23.9 Å². The summed E-state index contributed by atoms with van der Waals surface area (Å²) in [6.07, 6.45) is 0. The maximum absolute atomic E-state index is 12.4. The number of carbonyl (C=O) groups excluding carboxylic acids is 2. The first kappa shape index (κ1) is 19.5. The molecular weight excluding hydrogens is 402 g/mol. The lowest BCUT2D eigenvalue weighted by Gasteiger charge is -2.14. The Bertz CT molecular complexity index is 855. The summed E-state index contributed by atoms with van der Waals surface area (Å²) in [5, 5.41) is 9.12. The molecule has 26 heavy (non-hydrogen) atoms. The standard InChI is InChI=1S/C19H16BrNO5/c1-3-25-18-15(8-12(10-21)9-17(18)24-2)19(23)26-11-16(22)13-4-6-14(20)7-5-13/h4-9H,3,11H2,1-2H3. The van der Waals surface area contributed by atoms with Crippen LogP contribution < -0.4 is 9.47 Å². The fourth-order valence-electron chi connectivity index (χ4n) is 2.19. The number of hydrogen-bond acceptors (Lipinski definition) is 6. The molecule has 6 nitrogen and oxygen atoms in total. The molecule has 0 heterocycles. The second-order valence-electron chi connectivity index (χ2n) is 5.11. The molecule has 0 aliphatic carbocycles. The normalized spacial score (nSPS) is 9.92. The van der Waals surface area contributed by atoms with Gasteiger partial charge in [-0.2, -0.15) is 5.26 Å². The zero-order valence-corrected chi connectivity index (χ0v) is 15.8. The van der Waals surface area contributed by atoms with Crippen LogP contribution in [0.5, 0.6) is 11.5 Å². The third-order valence-corrected chi connectivity index (χ3v) is 3.94. The van der Waals surface area contributed by atoms with Crippen molar-refractivity contribution >= 4 is 27.7 Å². The number of halogens is 1. The van der Waals surface area contributed by atoms with Crippen molar-refractivity contribution < 1.29 is 23.8 Å². The number of hydrogen-bond donors (Lipinski definition) is 0. The van der Waals surface area contributed by atoms with Crippen LogP contribution in [0.4, 0.5) is 0 Å². The molecule has 0 aliphatic rings. The van der Waals surface area contributed by atoms with Crippen LogP contribution in [-0.2, 0) is 4.74 Å². The van der Waals surface area contributed by atoms with Crippen molar-refractivity contribution in [2.75, 3.05) is 20.3 Å². The molecular formula is C19H16BrNO5. The Hall–Kier alpha value is -2.85. The van der Waals surface area contributed by atoms with Gasteiger partial charge in [-0.15, -0.1) is 0 Å². The molecule has 0 amide bonds. The van der Waals surface area contributed by atoms with Crippen molar-refractivity contribution in [2.45, 2.75) is 6.92 Å². The molecule has 0 atom stereocenters. The van der Waals surface area contributed by atoms with E-state index in [1.807, 2.05) is 6.07 Å². The van der Waals surface area contributed by atoms with Crippen LogP contribution >= 0.6 is 15.9 Å². The zero-order chi connectivity index (χ0) is 19.1. The van der Waals surface area contributed by atoms with Gasteiger partial charge < -0.3 is 14.2 Å². The van der Waals surface area contributed by atoms with Gasteiger partial charge >= 0.3 is 5.97 Å². The van der Waals surface area contributed by atoms with E-state index in [2.05, 4.69) is 15.9 Å². The second kappa shape index (κ2) is 9.02. The van der Waals surface area contributed by atoms with Gasteiger partial charge in [0.1, 0.15) is 5.56 Å². The molecule has 134 valence electrons. The van der Waals surface area contributed by atoms with Crippen molar-refractivity contribution in [1.29, 1.82) is 5.26 Å². The molecule has 2 aromatic rings. The van der Waals surface area contributed by atoms with Gasteiger partial charge in [-0.1, -0.05) is 28.1 Å². The van der Waals surface area contributed by atoms with Gasteiger partial charge in [0, 0.05) is 16.1 Å². The Morgan fingerprint density at radius 1 is 1.19 bits per heavy atom. The molecule has 0 bridgehead atoms. The van der Waals surface area contributed by atoms with E-state index in [-0.39, 0.29) is 28.4 Å². The lowest BCUT2D eigenvalue weighted by atomic mass is 10.1. The van der Waals surface area contributed by atoms with Gasteiger partial charge in [0.05, 0.1) is 25.3 Å². The first-order valence-electron chi connectivity index (χ1n) is 7.71. The van der Waals surface area contributed by atoms with Gasteiger partial charge in [0.25, 0.3) is 0 Å². The van der Waals surface area contributed by atoms with Crippen LogP contribution in [0.1, 0.15) is 33.2 Å². The number of ether oxygens (including phenoxy) is 3. The fourth-order valence-corrected chi connectivity index (χ4v) is 2.46. The molecule has 0 aromatic heterocycles. The molecule has 0 N–H and O–H groups in total. The summed E-state index contributed by atoms with van der Waals surface area (Å²) in [5.74, 6) is -0.686. The van der Waals surface area contributed by atoms with Crippen molar-refractivity contribution in [3.63, 3.8) is 0 Å². The van der Waals surface area contributed by atoms with Crippen LogP contribution in [0.15, 0.2) is 40.9 Å². The minimum absolute atomic E-state index is 0.0337. The van der Waals surface area contributed by atoms with Crippen LogP contribution in [0.3, 0.4) is 0 Å². The van der Waals surface area contributed by atoms with Crippen molar-refractivity contribution in [3.8, 4) is 17.6 Å². The molecule has 0 radical (unpaired) electrons. The molecule has 0 unspecified atom stereocenters. The molecule has 0 saturated heterocycles. The number of ketones is 1. The number of esters is 1. The summed E-state index contributed by atoms with van der Waals surface area (Å²) in [6.45, 7) is 1.62. The number of carbonyl (C=O) groups is 2. The van der Waals surface area contributed by atoms with E-state index in [0.29, 0.717) is 12.2 Å². The lowest BCUT2D eigenvalue weighted by molar-refractivity contribution is 0.0470. The second-order valence-corrected chi connectivity index (χ2v) is 6.02. The predicted molar refractivity (Wildman–Crippen MR) is 97.6 cm³/mol. The summed E-state index contributed by atoms with van der Waals surface area (Å²) in [4.78, 5) is 24.6. The average Bonchev–Trinajstić information content (AvgIpc) is 2.66. The lowest BCUT2D eigenvalue weighted by Crippen LogP contribution is -2.15. The van der Waals surface area contributed by atoms with Crippen LogP contribution in [-0.4, -0.2) is 32.1 Å². The van der Waals surface area contributed by atoms with Crippen LogP contribution in [0.2, 0.25) is 0 Å².